The van der Waals surface area contributed by atoms with Crippen LogP contribution in [0.2, 0.25) is 8.67 Å². The third-order valence-corrected chi connectivity index (χ3v) is 5.44. The zero-order chi connectivity index (χ0) is 12.7. The Morgan fingerprint density at radius 1 is 1.28 bits per heavy atom. The van der Waals surface area contributed by atoms with Crippen molar-refractivity contribution in [3.05, 3.63) is 14.2 Å². The van der Waals surface area contributed by atoms with E-state index in [-0.39, 0.29) is 0 Å². The van der Waals surface area contributed by atoms with Crippen molar-refractivity contribution in [1.29, 1.82) is 0 Å². The molecule has 2 N–H and O–H groups in total. The Morgan fingerprint density at radius 2 is 2.06 bits per heavy atom. The van der Waals surface area contributed by atoms with E-state index in [0.29, 0.717) is 16.4 Å². The summed E-state index contributed by atoms with van der Waals surface area (Å²) in [5, 5.41) is 6.73. The fourth-order valence-electron chi connectivity index (χ4n) is 2.59. The second-order valence-electron chi connectivity index (χ2n) is 4.85. The second kappa shape index (κ2) is 4.91. The first-order valence-electron chi connectivity index (χ1n) is 6.21. The summed E-state index contributed by atoms with van der Waals surface area (Å²) < 4.78 is 1.43. The fraction of sp³-hybridized carbons (Fsp3) is 0.583. The van der Waals surface area contributed by atoms with Gasteiger partial charge in [-0.2, -0.15) is 0 Å². The normalized spacial score (nSPS) is 26.5. The van der Waals surface area contributed by atoms with Crippen LogP contribution in [0.1, 0.15) is 31.2 Å². The van der Waals surface area contributed by atoms with E-state index in [2.05, 4.69) is 10.6 Å². The van der Waals surface area contributed by atoms with Gasteiger partial charge >= 0.3 is 0 Å². The minimum atomic E-state index is 0.425. The maximum absolute atomic E-state index is 6.17. The number of halogens is 2. The Morgan fingerprint density at radius 3 is 2.72 bits per heavy atom. The predicted octanol–water partition coefficient (Wildman–Crippen LogP) is 4.05. The molecule has 3 nitrogen and oxygen atoms in total. The molecule has 0 amide bonds. The van der Waals surface area contributed by atoms with E-state index in [1.54, 1.807) is 0 Å². The van der Waals surface area contributed by atoms with Gasteiger partial charge in [-0.15, -0.1) is 11.3 Å². The average Bonchev–Trinajstić information content (AvgIpc) is 2.86. The van der Waals surface area contributed by atoms with E-state index < -0.39 is 0 Å². The highest BCUT2D eigenvalue weighted by Crippen LogP contribution is 2.40. The van der Waals surface area contributed by atoms with Crippen molar-refractivity contribution in [3.8, 4) is 0 Å². The van der Waals surface area contributed by atoms with E-state index in [0.717, 1.165) is 21.5 Å². The lowest BCUT2D eigenvalue weighted by atomic mass is 9.92. The summed E-state index contributed by atoms with van der Waals surface area (Å²) in [6.07, 6.45) is 4.96. The van der Waals surface area contributed by atoms with Crippen molar-refractivity contribution in [2.24, 2.45) is 4.99 Å². The van der Waals surface area contributed by atoms with E-state index in [1.807, 2.05) is 6.92 Å². The summed E-state index contributed by atoms with van der Waals surface area (Å²) in [5.74, 6) is 0.839. The molecule has 2 atom stereocenters. The Balaban J connectivity index is 1.77. The summed E-state index contributed by atoms with van der Waals surface area (Å²) >= 11 is 13.6. The third-order valence-electron chi connectivity index (χ3n) is 3.64. The molecular weight excluding hydrogens is 289 g/mol. The van der Waals surface area contributed by atoms with Crippen molar-refractivity contribution in [2.45, 2.75) is 44.7 Å². The predicted molar refractivity (Wildman–Crippen MR) is 79.3 cm³/mol. The molecule has 1 aliphatic carbocycles. The number of fused-ring (bicyclic) bond motifs is 1. The first-order valence-corrected chi connectivity index (χ1v) is 7.78. The Kier molecular flexibility index (Phi) is 3.43. The molecule has 0 radical (unpaired) electrons. The highest BCUT2D eigenvalue weighted by atomic mass is 35.5. The molecule has 3 rings (SSSR count). The maximum Gasteiger partial charge on any atom is 0.196 e. The topological polar surface area (TPSA) is 36.4 Å². The molecule has 0 bridgehead atoms. The number of guanidine groups is 1. The van der Waals surface area contributed by atoms with Crippen LogP contribution >= 0.6 is 34.5 Å². The maximum atomic E-state index is 6.17. The average molecular weight is 304 g/mol. The number of aliphatic imine (C=N–C) groups is 1. The quantitative estimate of drug-likeness (QED) is 0.821. The van der Waals surface area contributed by atoms with Gasteiger partial charge in [0.05, 0.1) is 22.1 Å². The third kappa shape index (κ3) is 2.22. The number of nitrogens with one attached hydrogen (secondary N) is 2. The van der Waals surface area contributed by atoms with E-state index in [1.165, 1.54) is 37.0 Å². The summed E-state index contributed by atoms with van der Waals surface area (Å²) in [6.45, 7) is 1.97. The van der Waals surface area contributed by atoms with E-state index >= 15 is 0 Å². The molecule has 2 aliphatic rings. The Bertz CT molecular complexity index is 498. The number of hydrogen-bond donors (Lipinski definition) is 2. The second-order valence-corrected chi connectivity index (χ2v) is 7.08. The summed E-state index contributed by atoms with van der Waals surface area (Å²) in [6, 6.07) is 0.920. The molecule has 2 heterocycles. The smallest absolute Gasteiger partial charge is 0.196 e. The molecule has 1 unspecified atom stereocenters. The SMILES string of the molecule is Cc1c(Cl)sc(Cl)c1NC1=N[C@@H]2CCCCC2N1. The lowest BCUT2D eigenvalue weighted by molar-refractivity contribution is 0.384. The van der Waals surface area contributed by atoms with Crippen LogP contribution in [0.15, 0.2) is 4.99 Å². The van der Waals surface area contributed by atoms with Crippen LogP contribution < -0.4 is 10.6 Å². The first-order chi connectivity index (χ1) is 8.65. The first kappa shape index (κ1) is 12.6. The van der Waals surface area contributed by atoms with Gasteiger partial charge in [-0.25, -0.2) is 4.99 Å². The van der Waals surface area contributed by atoms with Crippen LogP contribution in [-0.4, -0.2) is 18.0 Å². The molecule has 1 aliphatic heterocycles. The van der Waals surface area contributed by atoms with Crippen molar-refractivity contribution in [3.63, 3.8) is 0 Å². The van der Waals surface area contributed by atoms with E-state index in [4.69, 9.17) is 28.2 Å². The molecule has 18 heavy (non-hydrogen) atoms. The summed E-state index contributed by atoms with van der Waals surface area (Å²) in [5.41, 5.74) is 1.88. The lowest BCUT2D eigenvalue weighted by Gasteiger charge is -2.23. The number of hydrogen-bond acceptors (Lipinski definition) is 4. The molecule has 1 aromatic rings. The molecule has 1 aromatic heterocycles. The van der Waals surface area contributed by atoms with Crippen molar-refractivity contribution in [2.75, 3.05) is 5.32 Å². The molecule has 1 fully saturated rings. The molecule has 0 saturated heterocycles. The van der Waals surface area contributed by atoms with Crippen LogP contribution in [0, 0.1) is 6.92 Å². The molecule has 98 valence electrons. The van der Waals surface area contributed by atoms with Gasteiger partial charge in [-0.3, -0.25) is 0 Å². The minimum absolute atomic E-state index is 0.425. The van der Waals surface area contributed by atoms with Gasteiger partial charge in [-0.05, 0) is 19.8 Å². The molecule has 0 spiro atoms. The van der Waals surface area contributed by atoms with Crippen molar-refractivity contribution >= 4 is 46.2 Å². The summed E-state index contributed by atoms with van der Waals surface area (Å²) in [4.78, 5) is 4.69. The highest BCUT2D eigenvalue weighted by molar-refractivity contribution is 7.20. The minimum Gasteiger partial charge on any atom is -0.351 e. The van der Waals surface area contributed by atoms with Gasteiger partial charge in [0.25, 0.3) is 0 Å². The fourth-order valence-corrected chi connectivity index (χ4v) is 4.18. The zero-order valence-corrected chi connectivity index (χ0v) is 12.4. The van der Waals surface area contributed by atoms with Crippen molar-refractivity contribution in [1.82, 2.24) is 5.32 Å². The van der Waals surface area contributed by atoms with Crippen molar-refractivity contribution < 1.29 is 0 Å². The molecule has 0 aromatic carbocycles. The molecule has 6 heteroatoms. The Labute approximate surface area is 121 Å². The lowest BCUT2D eigenvalue weighted by Crippen LogP contribution is -2.38. The van der Waals surface area contributed by atoms with Gasteiger partial charge in [0.2, 0.25) is 0 Å². The largest absolute Gasteiger partial charge is 0.351 e. The van der Waals surface area contributed by atoms with Gasteiger partial charge in [0.1, 0.15) is 4.34 Å². The summed E-state index contributed by atoms with van der Waals surface area (Å²) in [7, 11) is 0. The molecule has 1 saturated carbocycles. The van der Waals surface area contributed by atoms with Gasteiger partial charge < -0.3 is 10.6 Å². The number of anilines is 1. The Hall–Kier alpha value is -0.450. The van der Waals surface area contributed by atoms with Gasteiger partial charge in [-0.1, -0.05) is 36.0 Å². The van der Waals surface area contributed by atoms with Gasteiger partial charge in [0, 0.05) is 5.56 Å². The van der Waals surface area contributed by atoms with Crippen LogP contribution in [0.3, 0.4) is 0 Å². The van der Waals surface area contributed by atoms with Crippen LogP contribution in [-0.2, 0) is 0 Å². The number of nitrogens with zero attached hydrogens (tertiary/aromatic N) is 1. The van der Waals surface area contributed by atoms with Crippen LogP contribution in [0.25, 0.3) is 0 Å². The number of thiophene rings is 1. The zero-order valence-electron chi connectivity index (χ0n) is 10.1. The molecular formula is C12H15Cl2N3S. The highest BCUT2D eigenvalue weighted by Gasteiger charge is 2.31. The monoisotopic (exact) mass is 303 g/mol. The van der Waals surface area contributed by atoms with Gasteiger partial charge in [0.15, 0.2) is 5.96 Å². The standard InChI is InChI=1S/C12H15Cl2N3S/c1-6-9(11(14)18-10(6)13)17-12-15-7-4-2-3-5-8(7)16-12/h7-8H,2-5H2,1H3,(H2,15,16,17)/t7-,8?/m1/s1. The van der Waals surface area contributed by atoms with Crippen LogP contribution in [0.5, 0.6) is 0 Å². The number of rotatable bonds is 1. The van der Waals surface area contributed by atoms with Crippen LogP contribution in [0.4, 0.5) is 5.69 Å². The van der Waals surface area contributed by atoms with E-state index in [9.17, 15) is 0 Å².